The van der Waals surface area contributed by atoms with Gasteiger partial charge in [0, 0.05) is 6.20 Å². The molecule has 1 aromatic rings. The van der Waals surface area contributed by atoms with Gasteiger partial charge in [-0.3, -0.25) is 4.79 Å². The van der Waals surface area contributed by atoms with Crippen molar-refractivity contribution in [2.45, 2.75) is 25.0 Å². The van der Waals surface area contributed by atoms with Gasteiger partial charge in [0.15, 0.2) is 0 Å². The number of hydrogen-bond acceptors (Lipinski definition) is 5. The van der Waals surface area contributed by atoms with Crippen LogP contribution in [0, 0.1) is 0 Å². The van der Waals surface area contributed by atoms with Crippen LogP contribution in [-0.2, 0) is 9.53 Å². The van der Waals surface area contributed by atoms with Crippen LogP contribution in [0.25, 0.3) is 0 Å². The number of aromatic nitrogens is 1. The summed E-state index contributed by atoms with van der Waals surface area (Å²) in [6.45, 7) is 3.85. The Morgan fingerprint density at radius 2 is 2.44 bits per heavy atom. The van der Waals surface area contributed by atoms with E-state index >= 15 is 0 Å². The SMILES string of the molecule is CCOC(=O)CSc1cc(C(C)O)ccn1. The Labute approximate surface area is 99.0 Å². The minimum Gasteiger partial charge on any atom is -0.465 e. The van der Waals surface area contributed by atoms with Crippen molar-refractivity contribution in [1.82, 2.24) is 4.98 Å². The van der Waals surface area contributed by atoms with Crippen LogP contribution in [0.2, 0.25) is 0 Å². The van der Waals surface area contributed by atoms with Gasteiger partial charge in [0.25, 0.3) is 0 Å². The first-order valence-corrected chi connectivity index (χ1v) is 6.04. The number of ether oxygens (including phenoxy) is 1. The molecular weight excluding hydrogens is 226 g/mol. The van der Waals surface area contributed by atoms with Crippen LogP contribution in [0.3, 0.4) is 0 Å². The third kappa shape index (κ3) is 4.20. The van der Waals surface area contributed by atoms with Gasteiger partial charge < -0.3 is 9.84 Å². The summed E-state index contributed by atoms with van der Waals surface area (Å²) in [5, 5.41) is 10.1. The summed E-state index contributed by atoms with van der Waals surface area (Å²) in [6.07, 6.45) is 1.10. The molecule has 0 amide bonds. The molecule has 0 fully saturated rings. The molecule has 0 aliphatic carbocycles. The second kappa shape index (κ2) is 6.50. The number of pyridine rings is 1. The summed E-state index contributed by atoms with van der Waals surface area (Å²) >= 11 is 1.30. The molecule has 16 heavy (non-hydrogen) atoms. The van der Waals surface area contributed by atoms with Crippen molar-refractivity contribution < 1.29 is 14.6 Å². The van der Waals surface area contributed by atoms with E-state index in [1.165, 1.54) is 11.8 Å². The minimum absolute atomic E-state index is 0.240. The van der Waals surface area contributed by atoms with Crippen LogP contribution in [0.15, 0.2) is 23.4 Å². The molecular formula is C11H15NO3S. The summed E-state index contributed by atoms with van der Waals surface area (Å²) in [5.74, 6) is -0.0128. The lowest BCUT2D eigenvalue weighted by atomic mass is 10.2. The summed E-state index contributed by atoms with van der Waals surface area (Å²) in [6, 6.07) is 3.52. The van der Waals surface area contributed by atoms with Crippen LogP contribution in [0.4, 0.5) is 0 Å². The predicted molar refractivity (Wildman–Crippen MR) is 62.2 cm³/mol. The quantitative estimate of drug-likeness (QED) is 0.629. The lowest BCUT2D eigenvalue weighted by Crippen LogP contribution is -2.06. The molecule has 0 aliphatic rings. The molecule has 1 heterocycles. The van der Waals surface area contributed by atoms with Crippen molar-refractivity contribution >= 4 is 17.7 Å². The number of rotatable bonds is 5. The average molecular weight is 241 g/mol. The van der Waals surface area contributed by atoms with Crippen LogP contribution in [0.1, 0.15) is 25.5 Å². The Bertz CT molecular complexity index is 355. The third-order valence-electron chi connectivity index (χ3n) is 1.88. The Kier molecular flexibility index (Phi) is 5.28. The number of aliphatic hydroxyl groups excluding tert-OH is 1. The second-order valence-electron chi connectivity index (χ2n) is 3.20. The van der Waals surface area contributed by atoms with E-state index in [1.807, 2.05) is 0 Å². The van der Waals surface area contributed by atoms with E-state index in [2.05, 4.69) is 4.98 Å². The zero-order valence-electron chi connectivity index (χ0n) is 9.34. The highest BCUT2D eigenvalue weighted by molar-refractivity contribution is 7.99. The summed E-state index contributed by atoms with van der Waals surface area (Å²) < 4.78 is 4.80. The number of thioether (sulfide) groups is 1. The molecule has 0 aliphatic heterocycles. The summed E-state index contributed by atoms with van der Waals surface area (Å²) in [5.41, 5.74) is 0.793. The van der Waals surface area contributed by atoms with Crippen LogP contribution < -0.4 is 0 Å². The van der Waals surface area contributed by atoms with Gasteiger partial charge in [-0.05, 0) is 31.5 Å². The number of hydrogen-bond donors (Lipinski definition) is 1. The zero-order valence-corrected chi connectivity index (χ0v) is 10.2. The second-order valence-corrected chi connectivity index (χ2v) is 4.19. The van der Waals surface area contributed by atoms with Crippen molar-refractivity contribution in [1.29, 1.82) is 0 Å². The monoisotopic (exact) mass is 241 g/mol. The van der Waals surface area contributed by atoms with E-state index in [1.54, 1.807) is 32.2 Å². The van der Waals surface area contributed by atoms with Crippen LogP contribution >= 0.6 is 11.8 Å². The smallest absolute Gasteiger partial charge is 0.316 e. The fraction of sp³-hybridized carbons (Fsp3) is 0.455. The first-order chi connectivity index (χ1) is 7.63. The van der Waals surface area contributed by atoms with E-state index in [0.29, 0.717) is 11.6 Å². The summed E-state index contributed by atoms with van der Waals surface area (Å²) in [7, 11) is 0. The molecule has 1 atom stereocenters. The number of carbonyl (C=O) groups excluding carboxylic acids is 1. The zero-order chi connectivity index (χ0) is 12.0. The fourth-order valence-corrected chi connectivity index (χ4v) is 1.80. The maximum atomic E-state index is 11.1. The molecule has 0 bridgehead atoms. The number of carbonyl (C=O) groups is 1. The molecule has 5 heteroatoms. The maximum Gasteiger partial charge on any atom is 0.316 e. The molecule has 0 saturated carbocycles. The molecule has 1 N–H and O–H groups in total. The molecule has 0 saturated heterocycles. The highest BCUT2D eigenvalue weighted by Crippen LogP contribution is 2.19. The molecule has 88 valence electrons. The molecule has 1 unspecified atom stereocenters. The lowest BCUT2D eigenvalue weighted by Gasteiger charge is -2.06. The predicted octanol–water partition coefficient (Wildman–Crippen LogP) is 1.79. The van der Waals surface area contributed by atoms with E-state index in [4.69, 9.17) is 4.74 Å². The van der Waals surface area contributed by atoms with Gasteiger partial charge in [-0.1, -0.05) is 11.8 Å². The van der Waals surface area contributed by atoms with Gasteiger partial charge in [-0.15, -0.1) is 0 Å². The van der Waals surface area contributed by atoms with E-state index < -0.39 is 6.10 Å². The molecule has 1 aromatic heterocycles. The molecule has 0 radical (unpaired) electrons. The first kappa shape index (κ1) is 13.0. The average Bonchev–Trinajstić information content (AvgIpc) is 2.27. The Morgan fingerprint density at radius 1 is 1.69 bits per heavy atom. The third-order valence-corrected chi connectivity index (χ3v) is 2.78. The van der Waals surface area contributed by atoms with Gasteiger partial charge in [0.1, 0.15) is 0 Å². The van der Waals surface area contributed by atoms with Crippen molar-refractivity contribution in [2.75, 3.05) is 12.4 Å². The van der Waals surface area contributed by atoms with Crippen molar-refractivity contribution in [3.8, 4) is 0 Å². The van der Waals surface area contributed by atoms with Gasteiger partial charge >= 0.3 is 5.97 Å². The Morgan fingerprint density at radius 3 is 3.06 bits per heavy atom. The van der Waals surface area contributed by atoms with Gasteiger partial charge in [0.2, 0.25) is 0 Å². The maximum absolute atomic E-state index is 11.1. The number of aliphatic hydroxyl groups is 1. The lowest BCUT2D eigenvalue weighted by molar-refractivity contribution is -0.139. The van der Waals surface area contributed by atoms with E-state index in [0.717, 1.165) is 5.56 Å². The summed E-state index contributed by atoms with van der Waals surface area (Å²) in [4.78, 5) is 15.2. The number of nitrogens with zero attached hydrogens (tertiary/aromatic N) is 1. The van der Waals surface area contributed by atoms with Crippen LogP contribution in [-0.4, -0.2) is 28.4 Å². The van der Waals surface area contributed by atoms with Crippen molar-refractivity contribution in [3.63, 3.8) is 0 Å². The normalized spacial score (nSPS) is 12.2. The minimum atomic E-state index is -0.523. The van der Waals surface area contributed by atoms with Crippen molar-refractivity contribution in [3.05, 3.63) is 23.9 Å². The Hall–Kier alpha value is -1.07. The molecule has 1 rings (SSSR count). The first-order valence-electron chi connectivity index (χ1n) is 5.06. The van der Waals surface area contributed by atoms with E-state index in [-0.39, 0.29) is 11.7 Å². The van der Waals surface area contributed by atoms with Gasteiger partial charge in [0.05, 0.1) is 23.5 Å². The van der Waals surface area contributed by atoms with Gasteiger partial charge in [-0.25, -0.2) is 4.98 Å². The van der Waals surface area contributed by atoms with E-state index in [9.17, 15) is 9.90 Å². The number of esters is 1. The topological polar surface area (TPSA) is 59.4 Å². The molecule has 0 aromatic carbocycles. The van der Waals surface area contributed by atoms with Crippen molar-refractivity contribution in [2.24, 2.45) is 0 Å². The Balaban J connectivity index is 2.54. The van der Waals surface area contributed by atoms with Gasteiger partial charge in [-0.2, -0.15) is 0 Å². The fourth-order valence-electron chi connectivity index (χ4n) is 1.10. The molecule has 4 nitrogen and oxygen atoms in total. The highest BCUT2D eigenvalue weighted by Gasteiger charge is 2.06. The van der Waals surface area contributed by atoms with Crippen LogP contribution in [0.5, 0.6) is 0 Å². The standard InChI is InChI=1S/C11H15NO3S/c1-3-15-11(14)7-16-10-6-9(8(2)13)4-5-12-10/h4-6,8,13H,3,7H2,1-2H3. The largest absolute Gasteiger partial charge is 0.465 e. The highest BCUT2D eigenvalue weighted by atomic mass is 32.2. The molecule has 0 spiro atoms.